The molecule has 1 aromatic carbocycles. The molecule has 1 aromatic heterocycles. The van der Waals surface area contributed by atoms with Gasteiger partial charge in [0, 0.05) is 38.9 Å². The Labute approximate surface area is 134 Å². The van der Waals surface area contributed by atoms with Crippen LogP contribution in [-0.2, 0) is 22.6 Å². The molecule has 0 unspecified atom stereocenters. The Balaban J connectivity index is 2.02. The summed E-state index contributed by atoms with van der Waals surface area (Å²) in [5, 5.41) is 0.866. The second-order valence-corrected chi connectivity index (χ2v) is 5.71. The molecule has 0 atom stereocenters. The average Bonchev–Trinajstić information content (AvgIpc) is 2.56. The molecule has 3 rings (SSSR count). The van der Waals surface area contributed by atoms with Gasteiger partial charge in [-0.1, -0.05) is 0 Å². The van der Waals surface area contributed by atoms with Crippen molar-refractivity contribution in [2.75, 3.05) is 40.0 Å². The second-order valence-electron chi connectivity index (χ2n) is 5.71. The number of ether oxygens (including phenoxy) is 2. The Morgan fingerprint density at radius 1 is 1.26 bits per heavy atom. The number of halogens is 1. The fourth-order valence-corrected chi connectivity index (χ4v) is 2.92. The molecule has 1 aliphatic heterocycles. The third-order valence-corrected chi connectivity index (χ3v) is 4.15. The number of hydrogen-bond donors (Lipinski definition) is 0. The fraction of sp³-hybridized carbons (Fsp3) is 0.471. The van der Waals surface area contributed by atoms with E-state index >= 15 is 0 Å². The predicted octanol–water partition coefficient (Wildman–Crippen LogP) is 1.62. The van der Waals surface area contributed by atoms with E-state index in [1.807, 2.05) is 6.07 Å². The van der Waals surface area contributed by atoms with E-state index in [-0.39, 0.29) is 11.4 Å². The molecule has 124 valence electrons. The average molecular weight is 320 g/mol. The van der Waals surface area contributed by atoms with Gasteiger partial charge in [-0.05, 0) is 29.7 Å². The lowest BCUT2D eigenvalue weighted by Crippen LogP contribution is -2.38. The van der Waals surface area contributed by atoms with Crippen molar-refractivity contribution in [1.29, 1.82) is 0 Å². The summed E-state index contributed by atoms with van der Waals surface area (Å²) in [6.07, 6.45) is 0. The van der Waals surface area contributed by atoms with Crippen molar-refractivity contribution in [3.63, 3.8) is 0 Å². The van der Waals surface area contributed by atoms with Crippen LogP contribution in [-0.4, -0.2) is 49.5 Å². The van der Waals surface area contributed by atoms with Crippen LogP contribution in [0.15, 0.2) is 29.1 Å². The lowest BCUT2D eigenvalue weighted by atomic mass is 10.1. The highest BCUT2D eigenvalue weighted by atomic mass is 19.1. The van der Waals surface area contributed by atoms with Gasteiger partial charge < -0.3 is 14.0 Å². The number of morpholine rings is 1. The van der Waals surface area contributed by atoms with Crippen LogP contribution in [0.1, 0.15) is 5.56 Å². The lowest BCUT2D eigenvalue weighted by molar-refractivity contribution is 0.0339. The van der Waals surface area contributed by atoms with Crippen LogP contribution in [0.25, 0.3) is 10.9 Å². The molecule has 1 aliphatic rings. The Morgan fingerprint density at radius 3 is 2.78 bits per heavy atom. The molecule has 2 aromatic rings. The Bertz CT molecular complexity index is 738. The van der Waals surface area contributed by atoms with Gasteiger partial charge >= 0.3 is 0 Å². The summed E-state index contributed by atoms with van der Waals surface area (Å²) in [6, 6.07) is 6.42. The van der Waals surface area contributed by atoms with Gasteiger partial charge in [-0.25, -0.2) is 4.39 Å². The van der Waals surface area contributed by atoms with E-state index in [9.17, 15) is 9.18 Å². The van der Waals surface area contributed by atoms with Crippen molar-refractivity contribution in [2.45, 2.75) is 13.1 Å². The van der Waals surface area contributed by atoms with E-state index in [0.717, 1.165) is 24.0 Å². The molecule has 0 aliphatic carbocycles. The molecule has 1 saturated heterocycles. The molecule has 0 spiro atoms. The third kappa shape index (κ3) is 3.60. The highest BCUT2D eigenvalue weighted by Gasteiger charge is 2.15. The van der Waals surface area contributed by atoms with Crippen LogP contribution < -0.4 is 5.56 Å². The first kappa shape index (κ1) is 16.1. The predicted molar refractivity (Wildman–Crippen MR) is 86.1 cm³/mol. The smallest absolute Gasteiger partial charge is 0.255 e. The maximum absolute atomic E-state index is 13.6. The van der Waals surface area contributed by atoms with Crippen molar-refractivity contribution in [3.05, 3.63) is 46.0 Å². The highest BCUT2D eigenvalue weighted by Crippen LogP contribution is 2.17. The van der Waals surface area contributed by atoms with Gasteiger partial charge in [0.05, 0.1) is 25.3 Å². The van der Waals surface area contributed by atoms with Crippen LogP contribution in [0.3, 0.4) is 0 Å². The Hall–Kier alpha value is -1.76. The van der Waals surface area contributed by atoms with Crippen molar-refractivity contribution >= 4 is 10.9 Å². The van der Waals surface area contributed by atoms with Crippen molar-refractivity contribution in [2.24, 2.45) is 0 Å². The summed E-state index contributed by atoms with van der Waals surface area (Å²) in [7, 11) is 1.59. The first-order chi connectivity index (χ1) is 11.2. The van der Waals surface area contributed by atoms with E-state index in [1.54, 1.807) is 17.7 Å². The SMILES string of the molecule is COCCn1c(=O)c(CN2CCOCC2)cc2ccc(F)cc21. The minimum atomic E-state index is -0.344. The zero-order valence-electron chi connectivity index (χ0n) is 13.3. The molecule has 5 nitrogen and oxygen atoms in total. The number of nitrogens with zero attached hydrogens (tertiary/aromatic N) is 2. The summed E-state index contributed by atoms with van der Waals surface area (Å²) in [5.74, 6) is -0.344. The number of methoxy groups -OCH3 is 1. The van der Waals surface area contributed by atoms with Gasteiger partial charge in [0.15, 0.2) is 0 Å². The second kappa shape index (κ2) is 7.21. The van der Waals surface area contributed by atoms with Gasteiger partial charge in [-0.3, -0.25) is 9.69 Å². The molecule has 0 N–H and O–H groups in total. The molecule has 0 radical (unpaired) electrons. The summed E-state index contributed by atoms with van der Waals surface area (Å²) in [4.78, 5) is 15.0. The molecule has 23 heavy (non-hydrogen) atoms. The molecule has 0 bridgehead atoms. The van der Waals surface area contributed by atoms with E-state index in [1.165, 1.54) is 12.1 Å². The first-order valence-corrected chi connectivity index (χ1v) is 7.80. The van der Waals surface area contributed by atoms with Gasteiger partial charge in [0.1, 0.15) is 5.82 Å². The van der Waals surface area contributed by atoms with Crippen LogP contribution in [0, 0.1) is 5.82 Å². The lowest BCUT2D eigenvalue weighted by Gasteiger charge is -2.26. The fourth-order valence-electron chi connectivity index (χ4n) is 2.92. The zero-order chi connectivity index (χ0) is 16.2. The molecular formula is C17H21FN2O3. The number of aromatic nitrogens is 1. The Kier molecular flexibility index (Phi) is 5.05. The van der Waals surface area contributed by atoms with Crippen LogP contribution in [0.5, 0.6) is 0 Å². The molecule has 6 heteroatoms. The van der Waals surface area contributed by atoms with E-state index in [2.05, 4.69) is 4.90 Å². The number of fused-ring (bicyclic) bond motifs is 1. The topological polar surface area (TPSA) is 43.7 Å². The van der Waals surface area contributed by atoms with Crippen molar-refractivity contribution in [1.82, 2.24) is 9.47 Å². The number of benzene rings is 1. The summed E-state index contributed by atoms with van der Waals surface area (Å²) < 4.78 is 25.6. The third-order valence-electron chi connectivity index (χ3n) is 4.15. The standard InChI is InChI=1S/C17H21FN2O3/c1-22-7-6-20-16-11-15(18)3-2-13(16)10-14(17(20)21)12-19-4-8-23-9-5-19/h2-3,10-11H,4-9,12H2,1H3. The molecule has 0 amide bonds. The van der Waals surface area contributed by atoms with Crippen LogP contribution in [0.4, 0.5) is 4.39 Å². The molecule has 2 heterocycles. The van der Waals surface area contributed by atoms with E-state index in [0.29, 0.717) is 38.4 Å². The number of rotatable bonds is 5. The minimum absolute atomic E-state index is 0.0772. The van der Waals surface area contributed by atoms with E-state index < -0.39 is 0 Å². The summed E-state index contributed by atoms with van der Waals surface area (Å²) in [5.41, 5.74) is 1.26. The van der Waals surface area contributed by atoms with Gasteiger partial charge in [-0.2, -0.15) is 0 Å². The minimum Gasteiger partial charge on any atom is -0.383 e. The first-order valence-electron chi connectivity index (χ1n) is 7.80. The Morgan fingerprint density at radius 2 is 2.04 bits per heavy atom. The quantitative estimate of drug-likeness (QED) is 0.840. The normalized spacial score (nSPS) is 16.1. The summed E-state index contributed by atoms with van der Waals surface area (Å²) in [6.45, 7) is 4.42. The maximum Gasteiger partial charge on any atom is 0.255 e. The number of hydrogen-bond acceptors (Lipinski definition) is 4. The van der Waals surface area contributed by atoms with Crippen LogP contribution >= 0.6 is 0 Å². The molecule has 0 saturated carbocycles. The van der Waals surface area contributed by atoms with Crippen LogP contribution in [0.2, 0.25) is 0 Å². The highest BCUT2D eigenvalue weighted by molar-refractivity contribution is 5.79. The zero-order valence-corrected chi connectivity index (χ0v) is 13.3. The molecular weight excluding hydrogens is 299 g/mol. The number of pyridine rings is 1. The maximum atomic E-state index is 13.6. The molecule has 1 fully saturated rings. The van der Waals surface area contributed by atoms with Gasteiger partial charge in [0.2, 0.25) is 0 Å². The largest absolute Gasteiger partial charge is 0.383 e. The van der Waals surface area contributed by atoms with Gasteiger partial charge in [0.25, 0.3) is 5.56 Å². The van der Waals surface area contributed by atoms with Gasteiger partial charge in [-0.15, -0.1) is 0 Å². The monoisotopic (exact) mass is 320 g/mol. The van der Waals surface area contributed by atoms with Crippen molar-refractivity contribution < 1.29 is 13.9 Å². The van der Waals surface area contributed by atoms with Crippen molar-refractivity contribution in [3.8, 4) is 0 Å². The summed E-state index contributed by atoms with van der Waals surface area (Å²) >= 11 is 0. The van der Waals surface area contributed by atoms with E-state index in [4.69, 9.17) is 9.47 Å².